The second-order valence-electron chi connectivity index (χ2n) is 11.6. The molecule has 0 saturated heterocycles. The van der Waals surface area contributed by atoms with Crippen LogP contribution >= 0.6 is 0 Å². The second-order valence-corrected chi connectivity index (χ2v) is 11.6. The van der Waals surface area contributed by atoms with Crippen molar-refractivity contribution < 1.29 is 14.0 Å². The first kappa shape index (κ1) is 26.4. The van der Waals surface area contributed by atoms with Crippen LogP contribution in [0.1, 0.15) is 0 Å². The van der Waals surface area contributed by atoms with E-state index in [1.807, 2.05) is 36.4 Å². The lowest BCUT2D eigenvalue weighted by Gasteiger charge is -2.20. The summed E-state index contributed by atoms with van der Waals surface area (Å²) in [4.78, 5) is 0. The highest BCUT2D eigenvalue weighted by atomic mass is 16.7. The van der Waals surface area contributed by atoms with Gasteiger partial charge in [0.15, 0.2) is 0 Å². The van der Waals surface area contributed by atoms with Crippen molar-refractivity contribution in [3.05, 3.63) is 164 Å². The molecule has 0 N–H and O–H groups in total. The fourth-order valence-corrected chi connectivity index (χ4v) is 6.73. The number of rotatable bonds is 6. The first-order chi connectivity index (χ1) is 22.8. The summed E-state index contributed by atoms with van der Waals surface area (Å²) >= 11 is 0. The molecule has 0 aliphatic rings. The summed E-state index contributed by atoms with van der Waals surface area (Å²) in [5.41, 5.74) is 0. The average Bonchev–Trinajstić information content (AvgIpc) is 3.11. The molecule has 0 spiro atoms. The van der Waals surface area contributed by atoms with Crippen LogP contribution < -0.4 is 14.0 Å². The van der Waals surface area contributed by atoms with Crippen LogP contribution in [0, 0.1) is 0 Å². The SMILES string of the molecule is c1ccc2c(c1)ccc1c(OB(Oc3cccc4c3ccc3ccccc34)Oc3cccc4c3ccc3ccccc34)cccc12. The Morgan fingerprint density at radius 2 is 0.543 bits per heavy atom. The first-order valence-electron chi connectivity index (χ1n) is 15.5. The standard InChI is InChI=1S/C42H27BO3/c1-4-13-31-28(10-1)22-25-37-34(31)16-7-19-40(37)44-43(45-41-20-8-17-35-32-14-5-2-11-29(32)23-26-38(35)41)46-42-21-9-18-36-33-15-6-3-12-30(33)24-27-39(36)42/h1-27H. The first-order valence-corrected chi connectivity index (χ1v) is 15.5. The molecule has 0 radical (unpaired) electrons. The Balaban J connectivity index is 1.18. The lowest BCUT2D eigenvalue weighted by atomic mass is 10.00. The van der Waals surface area contributed by atoms with Gasteiger partial charge < -0.3 is 14.0 Å². The van der Waals surface area contributed by atoms with Crippen molar-refractivity contribution in [1.82, 2.24) is 0 Å². The molecule has 9 rings (SSSR count). The van der Waals surface area contributed by atoms with E-state index in [2.05, 4.69) is 127 Å². The fourth-order valence-electron chi connectivity index (χ4n) is 6.73. The Morgan fingerprint density at radius 1 is 0.239 bits per heavy atom. The smallest absolute Gasteiger partial charge is 0.489 e. The van der Waals surface area contributed by atoms with Crippen molar-refractivity contribution in [2.24, 2.45) is 0 Å². The van der Waals surface area contributed by atoms with E-state index in [4.69, 9.17) is 14.0 Å². The molecular weight excluding hydrogens is 563 g/mol. The van der Waals surface area contributed by atoms with Crippen molar-refractivity contribution >= 4 is 72.0 Å². The summed E-state index contributed by atoms with van der Waals surface area (Å²) in [5.74, 6) is 2.05. The third kappa shape index (κ3) is 4.46. The molecule has 216 valence electrons. The van der Waals surface area contributed by atoms with Crippen molar-refractivity contribution in [2.75, 3.05) is 0 Å². The van der Waals surface area contributed by atoms with Gasteiger partial charge in [-0.15, -0.1) is 0 Å². The van der Waals surface area contributed by atoms with Gasteiger partial charge in [0.05, 0.1) is 0 Å². The molecule has 9 aromatic carbocycles. The molecule has 46 heavy (non-hydrogen) atoms. The zero-order valence-corrected chi connectivity index (χ0v) is 24.9. The van der Waals surface area contributed by atoms with Crippen LogP contribution in [0.25, 0.3) is 64.6 Å². The minimum Gasteiger partial charge on any atom is -0.489 e. The number of hydrogen-bond donors (Lipinski definition) is 0. The van der Waals surface area contributed by atoms with Crippen LogP contribution in [0.2, 0.25) is 0 Å². The van der Waals surface area contributed by atoms with Crippen LogP contribution in [0.4, 0.5) is 0 Å². The number of hydrogen-bond acceptors (Lipinski definition) is 3. The summed E-state index contributed by atoms with van der Waals surface area (Å²) in [6, 6.07) is 56.3. The van der Waals surface area contributed by atoms with Gasteiger partial charge in [-0.05, 0) is 66.7 Å². The summed E-state index contributed by atoms with van der Waals surface area (Å²) in [5, 5.41) is 13.4. The Morgan fingerprint density at radius 3 is 0.891 bits per heavy atom. The van der Waals surface area contributed by atoms with Gasteiger partial charge in [-0.25, -0.2) is 0 Å². The monoisotopic (exact) mass is 590 g/mol. The predicted octanol–water partition coefficient (Wildman–Crippen LogP) is 11.1. The van der Waals surface area contributed by atoms with Crippen molar-refractivity contribution in [2.45, 2.75) is 0 Å². The molecular formula is C42H27BO3. The minimum absolute atomic E-state index is 0.685. The third-order valence-electron chi connectivity index (χ3n) is 8.91. The molecule has 0 aliphatic carbocycles. The molecule has 0 unspecified atom stereocenters. The molecule has 0 saturated carbocycles. The maximum atomic E-state index is 6.71. The maximum absolute atomic E-state index is 6.71. The Labute approximate surface area is 266 Å². The van der Waals surface area contributed by atoms with E-state index in [1.54, 1.807) is 0 Å². The number of benzene rings is 9. The summed E-state index contributed by atoms with van der Waals surface area (Å²) in [6.07, 6.45) is 0. The Bertz CT molecular complexity index is 2310. The molecule has 0 aliphatic heterocycles. The van der Waals surface area contributed by atoms with Gasteiger partial charge in [0, 0.05) is 16.2 Å². The lowest BCUT2D eigenvalue weighted by molar-refractivity contribution is 0.312. The van der Waals surface area contributed by atoms with E-state index >= 15 is 0 Å². The van der Waals surface area contributed by atoms with Gasteiger partial charge in [0.2, 0.25) is 0 Å². The van der Waals surface area contributed by atoms with Gasteiger partial charge >= 0.3 is 7.32 Å². The normalized spacial score (nSPS) is 11.5. The van der Waals surface area contributed by atoms with Crippen LogP contribution in [-0.2, 0) is 0 Å². The number of fused-ring (bicyclic) bond motifs is 9. The zero-order valence-electron chi connectivity index (χ0n) is 24.9. The lowest BCUT2D eigenvalue weighted by Crippen LogP contribution is -2.37. The average molecular weight is 590 g/mol. The molecule has 4 heteroatoms. The molecule has 9 aromatic rings. The minimum atomic E-state index is -1.08. The molecule has 0 atom stereocenters. The Hall–Kier alpha value is -6.00. The summed E-state index contributed by atoms with van der Waals surface area (Å²) in [6.45, 7) is 0. The fraction of sp³-hybridized carbons (Fsp3) is 0. The van der Waals surface area contributed by atoms with E-state index in [9.17, 15) is 0 Å². The highest BCUT2D eigenvalue weighted by molar-refractivity contribution is 6.40. The van der Waals surface area contributed by atoms with Crippen LogP contribution in [0.5, 0.6) is 17.2 Å². The largest absolute Gasteiger partial charge is 0.864 e. The van der Waals surface area contributed by atoms with Gasteiger partial charge in [0.1, 0.15) is 17.2 Å². The predicted molar refractivity (Wildman–Crippen MR) is 192 cm³/mol. The maximum Gasteiger partial charge on any atom is 0.864 e. The van der Waals surface area contributed by atoms with E-state index < -0.39 is 7.32 Å². The third-order valence-corrected chi connectivity index (χ3v) is 8.91. The van der Waals surface area contributed by atoms with E-state index in [0.29, 0.717) is 17.2 Å². The summed E-state index contributed by atoms with van der Waals surface area (Å²) < 4.78 is 20.1. The topological polar surface area (TPSA) is 27.7 Å². The van der Waals surface area contributed by atoms with E-state index in [-0.39, 0.29) is 0 Å². The van der Waals surface area contributed by atoms with Gasteiger partial charge in [-0.3, -0.25) is 0 Å². The van der Waals surface area contributed by atoms with Gasteiger partial charge in [-0.1, -0.05) is 146 Å². The zero-order chi connectivity index (χ0) is 30.5. The second kappa shape index (κ2) is 10.9. The van der Waals surface area contributed by atoms with Gasteiger partial charge in [-0.2, -0.15) is 0 Å². The highest BCUT2D eigenvalue weighted by Crippen LogP contribution is 2.36. The Kier molecular flexibility index (Phi) is 6.24. The van der Waals surface area contributed by atoms with Crippen LogP contribution in [0.3, 0.4) is 0 Å². The van der Waals surface area contributed by atoms with Crippen molar-refractivity contribution in [1.29, 1.82) is 0 Å². The molecule has 3 nitrogen and oxygen atoms in total. The summed E-state index contributed by atoms with van der Waals surface area (Å²) in [7, 11) is -1.08. The van der Waals surface area contributed by atoms with E-state index in [0.717, 1.165) is 32.3 Å². The molecule has 0 fully saturated rings. The van der Waals surface area contributed by atoms with Crippen molar-refractivity contribution in [3.63, 3.8) is 0 Å². The molecule has 0 bridgehead atoms. The highest BCUT2D eigenvalue weighted by Gasteiger charge is 2.32. The molecule has 0 heterocycles. The van der Waals surface area contributed by atoms with Gasteiger partial charge in [0.25, 0.3) is 0 Å². The quantitative estimate of drug-likeness (QED) is 0.142. The van der Waals surface area contributed by atoms with E-state index in [1.165, 1.54) is 32.3 Å². The van der Waals surface area contributed by atoms with Crippen molar-refractivity contribution in [3.8, 4) is 17.2 Å². The molecule has 0 aromatic heterocycles. The molecule has 0 amide bonds. The van der Waals surface area contributed by atoms with Crippen LogP contribution in [0.15, 0.2) is 164 Å². The van der Waals surface area contributed by atoms with Crippen LogP contribution in [-0.4, -0.2) is 7.32 Å².